The van der Waals surface area contributed by atoms with Gasteiger partial charge in [-0.25, -0.2) is 0 Å². The molecule has 0 N–H and O–H groups in total. The average Bonchev–Trinajstić information content (AvgIpc) is 2.48. The summed E-state index contributed by atoms with van der Waals surface area (Å²) >= 11 is 0. The van der Waals surface area contributed by atoms with E-state index in [-0.39, 0.29) is 0 Å². The van der Waals surface area contributed by atoms with E-state index in [9.17, 15) is 0 Å². The van der Waals surface area contributed by atoms with Crippen LogP contribution in [0, 0.1) is 0 Å². The van der Waals surface area contributed by atoms with Gasteiger partial charge >= 0.3 is 0 Å². The normalized spacial score (nSPS) is 36.2. The van der Waals surface area contributed by atoms with Gasteiger partial charge in [0.05, 0.1) is 12.7 Å². The summed E-state index contributed by atoms with van der Waals surface area (Å²) in [6.45, 7) is 8.98. The maximum Gasteiger partial charge on any atom is 0.0731 e. The Labute approximate surface area is 81.3 Å². The second-order valence-electron chi connectivity index (χ2n) is 5.27. The monoisotopic (exact) mass is 183 g/mol. The fourth-order valence-electron chi connectivity index (χ4n) is 2.76. The van der Waals surface area contributed by atoms with Gasteiger partial charge in [-0.3, -0.25) is 4.90 Å². The van der Waals surface area contributed by atoms with Crippen molar-refractivity contribution < 1.29 is 4.74 Å². The summed E-state index contributed by atoms with van der Waals surface area (Å²) in [5.41, 5.74) is 0.317. The predicted octanol–water partition coefficient (Wildman–Crippen LogP) is 2.04. The summed E-state index contributed by atoms with van der Waals surface area (Å²) in [5, 5.41) is 0. The quantitative estimate of drug-likeness (QED) is 0.570. The molecular weight excluding hydrogens is 162 g/mol. The molecule has 0 aromatic carbocycles. The van der Waals surface area contributed by atoms with E-state index >= 15 is 0 Å². The van der Waals surface area contributed by atoms with Crippen LogP contribution in [-0.4, -0.2) is 35.7 Å². The van der Waals surface area contributed by atoms with Gasteiger partial charge in [-0.05, 0) is 40.0 Å². The summed E-state index contributed by atoms with van der Waals surface area (Å²) < 4.78 is 5.79. The summed E-state index contributed by atoms with van der Waals surface area (Å²) in [6.07, 6.45) is 4.49. The molecule has 2 atom stereocenters. The molecule has 1 aliphatic heterocycles. The molecular formula is C11H21NO. The largest absolute Gasteiger partial charge is 0.375 e. The third kappa shape index (κ3) is 1.75. The van der Waals surface area contributed by atoms with Crippen molar-refractivity contribution >= 4 is 0 Å². The molecule has 2 aliphatic rings. The van der Waals surface area contributed by atoms with E-state index < -0.39 is 0 Å². The van der Waals surface area contributed by atoms with Crippen LogP contribution in [0.15, 0.2) is 0 Å². The van der Waals surface area contributed by atoms with Gasteiger partial charge in [0, 0.05) is 18.1 Å². The van der Waals surface area contributed by atoms with E-state index in [1.807, 2.05) is 0 Å². The van der Waals surface area contributed by atoms with Crippen molar-refractivity contribution in [2.24, 2.45) is 0 Å². The van der Waals surface area contributed by atoms with E-state index in [1.165, 1.54) is 19.3 Å². The summed E-state index contributed by atoms with van der Waals surface area (Å²) in [7, 11) is 0. The van der Waals surface area contributed by atoms with Crippen molar-refractivity contribution in [3.8, 4) is 0 Å². The smallest absolute Gasteiger partial charge is 0.0731 e. The molecule has 2 nitrogen and oxygen atoms in total. The maximum atomic E-state index is 5.79. The molecule has 2 unspecified atom stereocenters. The van der Waals surface area contributed by atoms with Gasteiger partial charge in [-0.15, -0.1) is 0 Å². The Morgan fingerprint density at radius 1 is 1.23 bits per heavy atom. The van der Waals surface area contributed by atoms with Crippen LogP contribution in [0.25, 0.3) is 0 Å². The molecule has 0 aromatic rings. The number of nitrogens with zero attached hydrogens (tertiary/aromatic N) is 1. The van der Waals surface area contributed by atoms with Crippen LogP contribution in [0.3, 0.4) is 0 Å². The van der Waals surface area contributed by atoms with Crippen molar-refractivity contribution in [2.75, 3.05) is 13.2 Å². The standard InChI is InChI=1S/C11H21NO/c1-11(2,3)12-7-8-13-10-6-4-5-9(10)12/h9-10H,4-8H2,1-3H3. The molecule has 0 bridgehead atoms. The first-order valence-corrected chi connectivity index (χ1v) is 5.47. The third-order valence-electron chi connectivity index (χ3n) is 3.34. The second-order valence-corrected chi connectivity index (χ2v) is 5.27. The summed E-state index contributed by atoms with van der Waals surface area (Å²) in [6, 6.07) is 0.703. The Hall–Kier alpha value is -0.0800. The Bertz CT molecular complexity index is 185. The molecule has 1 saturated heterocycles. The Morgan fingerprint density at radius 3 is 2.69 bits per heavy atom. The highest BCUT2D eigenvalue weighted by Crippen LogP contribution is 2.33. The van der Waals surface area contributed by atoms with Crippen LogP contribution < -0.4 is 0 Å². The number of morpholine rings is 1. The number of hydrogen-bond donors (Lipinski definition) is 0. The van der Waals surface area contributed by atoms with Crippen LogP contribution in [0.1, 0.15) is 40.0 Å². The van der Waals surface area contributed by atoms with Crippen LogP contribution in [0.2, 0.25) is 0 Å². The van der Waals surface area contributed by atoms with Crippen LogP contribution in [-0.2, 0) is 4.74 Å². The number of hydrogen-bond acceptors (Lipinski definition) is 2. The number of fused-ring (bicyclic) bond motifs is 1. The molecule has 1 heterocycles. The highest BCUT2D eigenvalue weighted by molar-refractivity contribution is 4.94. The molecule has 0 radical (unpaired) electrons. The first kappa shape index (κ1) is 9.47. The molecule has 0 spiro atoms. The van der Waals surface area contributed by atoms with Gasteiger partial charge < -0.3 is 4.74 Å². The minimum absolute atomic E-state index is 0.317. The maximum absolute atomic E-state index is 5.79. The molecule has 2 fully saturated rings. The Kier molecular flexibility index (Phi) is 2.37. The summed E-state index contributed by atoms with van der Waals surface area (Å²) in [5.74, 6) is 0. The fourth-order valence-corrected chi connectivity index (χ4v) is 2.76. The minimum Gasteiger partial charge on any atom is -0.375 e. The van der Waals surface area contributed by atoms with Gasteiger partial charge in [0.1, 0.15) is 0 Å². The number of ether oxygens (including phenoxy) is 1. The zero-order chi connectivity index (χ0) is 9.47. The van der Waals surface area contributed by atoms with Crippen LogP contribution in [0.4, 0.5) is 0 Å². The van der Waals surface area contributed by atoms with Crippen LogP contribution in [0.5, 0.6) is 0 Å². The Balaban J connectivity index is 2.10. The average molecular weight is 183 g/mol. The molecule has 1 aliphatic carbocycles. The van der Waals surface area contributed by atoms with Crippen LogP contribution >= 0.6 is 0 Å². The lowest BCUT2D eigenvalue weighted by Gasteiger charge is -2.45. The predicted molar refractivity (Wildman–Crippen MR) is 53.8 cm³/mol. The van der Waals surface area contributed by atoms with Gasteiger partial charge in [-0.2, -0.15) is 0 Å². The topological polar surface area (TPSA) is 12.5 Å². The highest BCUT2D eigenvalue weighted by Gasteiger charge is 2.40. The lowest BCUT2D eigenvalue weighted by Crippen LogP contribution is -2.56. The van der Waals surface area contributed by atoms with Crippen molar-refractivity contribution in [1.82, 2.24) is 4.90 Å². The van der Waals surface area contributed by atoms with Crippen molar-refractivity contribution in [2.45, 2.75) is 57.7 Å². The molecule has 0 amide bonds. The van der Waals surface area contributed by atoms with E-state index in [2.05, 4.69) is 25.7 Å². The molecule has 2 heteroatoms. The van der Waals surface area contributed by atoms with Crippen molar-refractivity contribution in [1.29, 1.82) is 0 Å². The SMILES string of the molecule is CC(C)(C)N1CCOC2CCCC21. The zero-order valence-corrected chi connectivity index (χ0v) is 9.05. The lowest BCUT2D eigenvalue weighted by molar-refractivity contribution is -0.0871. The first-order chi connectivity index (χ1) is 6.09. The zero-order valence-electron chi connectivity index (χ0n) is 9.05. The van der Waals surface area contributed by atoms with Gasteiger partial charge in [-0.1, -0.05) is 0 Å². The van der Waals surface area contributed by atoms with Gasteiger partial charge in [0.2, 0.25) is 0 Å². The van der Waals surface area contributed by atoms with E-state index in [0.29, 0.717) is 17.7 Å². The summed E-state index contributed by atoms with van der Waals surface area (Å²) in [4.78, 5) is 2.63. The molecule has 2 rings (SSSR count). The van der Waals surface area contributed by atoms with E-state index in [4.69, 9.17) is 4.74 Å². The van der Waals surface area contributed by atoms with E-state index in [0.717, 1.165) is 13.2 Å². The molecule has 0 aromatic heterocycles. The van der Waals surface area contributed by atoms with Gasteiger partial charge in [0.25, 0.3) is 0 Å². The Morgan fingerprint density at radius 2 is 2.00 bits per heavy atom. The second kappa shape index (κ2) is 3.25. The lowest BCUT2D eigenvalue weighted by atomic mass is 10.00. The van der Waals surface area contributed by atoms with E-state index in [1.54, 1.807) is 0 Å². The highest BCUT2D eigenvalue weighted by atomic mass is 16.5. The minimum atomic E-state index is 0.317. The third-order valence-corrected chi connectivity index (χ3v) is 3.34. The first-order valence-electron chi connectivity index (χ1n) is 5.47. The number of rotatable bonds is 0. The van der Waals surface area contributed by atoms with Crippen molar-refractivity contribution in [3.63, 3.8) is 0 Å². The molecule has 13 heavy (non-hydrogen) atoms. The van der Waals surface area contributed by atoms with Gasteiger partial charge in [0.15, 0.2) is 0 Å². The molecule has 76 valence electrons. The fraction of sp³-hybridized carbons (Fsp3) is 1.00. The van der Waals surface area contributed by atoms with Crippen molar-refractivity contribution in [3.05, 3.63) is 0 Å². The molecule has 1 saturated carbocycles.